The van der Waals surface area contributed by atoms with Crippen LogP contribution < -0.4 is 5.73 Å². The third-order valence-electron chi connectivity index (χ3n) is 1.94. The van der Waals surface area contributed by atoms with Crippen molar-refractivity contribution in [3.8, 4) is 0 Å². The second-order valence-electron chi connectivity index (χ2n) is 3.20. The molecule has 2 aromatic heterocycles. The van der Waals surface area contributed by atoms with E-state index in [0.29, 0.717) is 0 Å². The van der Waals surface area contributed by atoms with Gasteiger partial charge in [0.15, 0.2) is 11.5 Å². The molecule has 0 atom stereocenters. The van der Waals surface area contributed by atoms with Crippen LogP contribution in [0.2, 0.25) is 0 Å². The fraction of sp³-hybridized carbons (Fsp3) is 0.100. The summed E-state index contributed by atoms with van der Waals surface area (Å²) < 4.78 is 38.1. The van der Waals surface area contributed by atoms with Crippen LogP contribution >= 0.6 is 11.8 Å². The zero-order valence-electron chi connectivity index (χ0n) is 8.85. The minimum atomic E-state index is -4.51. The molecule has 4 nitrogen and oxygen atoms in total. The molecule has 0 bridgehead atoms. The number of nitrogens with zero attached hydrogens (tertiary/aromatic N) is 3. The molecular weight excluding hydrogens is 265 g/mol. The van der Waals surface area contributed by atoms with E-state index in [1.165, 1.54) is 24.5 Å². The highest BCUT2D eigenvalue weighted by atomic mass is 32.2. The molecule has 18 heavy (non-hydrogen) atoms. The van der Waals surface area contributed by atoms with Gasteiger partial charge in [-0.05, 0) is 12.1 Å². The lowest BCUT2D eigenvalue weighted by Crippen LogP contribution is -2.09. The molecule has 0 aliphatic heterocycles. The summed E-state index contributed by atoms with van der Waals surface area (Å²) in [6.45, 7) is 0. The number of nitrogens with two attached hydrogens (primary N) is 1. The van der Waals surface area contributed by atoms with E-state index in [4.69, 9.17) is 5.73 Å². The van der Waals surface area contributed by atoms with Crippen LogP contribution in [0.15, 0.2) is 40.6 Å². The normalized spacial score (nSPS) is 11.5. The summed E-state index contributed by atoms with van der Waals surface area (Å²) >= 11 is 0.787. The molecule has 0 aliphatic carbocycles. The van der Waals surface area contributed by atoms with Gasteiger partial charge in [-0.25, -0.2) is 9.97 Å². The molecule has 2 aromatic rings. The summed E-state index contributed by atoms with van der Waals surface area (Å²) in [6, 6.07) is 2.73. The molecule has 0 aliphatic rings. The summed E-state index contributed by atoms with van der Waals surface area (Å²) in [6.07, 6.45) is -0.691. The van der Waals surface area contributed by atoms with Crippen LogP contribution in [0.25, 0.3) is 0 Å². The van der Waals surface area contributed by atoms with Crippen LogP contribution in [-0.2, 0) is 6.18 Å². The van der Waals surface area contributed by atoms with Crippen molar-refractivity contribution in [2.24, 2.45) is 0 Å². The Morgan fingerprint density at radius 1 is 1.06 bits per heavy atom. The van der Waals surface area contributed by atoms with Crippen LogP contribution in [0.3, 0.4) is 0 Å². The largest absolute Gasteiger partial charge is 0.434 e. The lowest BCUT2D eigenvalue weighted by atomic mass is 10.3. The van der Waals surface area contributed by atoms with E-state index in [1.54, 1.807) is 0 Å². The van der Waals surface area contributed by atoms with Gasteiger partial charge in [-0.15, -0.1) is 0 Å². The number of anilines is 1. The van der Waals surface area contributed by atoms with Crippen LogP contribution in [0.1, 0.15) is 5.69 Å². The van der Waals surface area contributed by atoms with Gasteiger partial charge in [0.1, 0.15) is 5.03 Å². The Kier molecular flexibility index (Phi) is 3.37. The summed E-state index contributed by atoms with van der Waals surface area (Å²) in [5.41, 5.74) is 4.57. The first-order valence-corrected chi connectivity index (χ1v) is 5.56. The molecule has 0 saturated carbocycles. The first kappa shape index (κ1) is 12.6. The Morgan fingerprint density at radius 2 is 1.78 bits per heavy atom. The van der Waals surface area contributed by atoms with E-state index >= 15 is 0 Å². The number of pyridine rings is 1. The summed E-state index contributed by atoms with van der Waals surface area (Å²) in [4.78, 5) is 10.9. The van der Waals surface area contributed by atoms with Crippen LogP contribution in [0.4, 0.5) is 19.0 Å². The van der Waals surface area contributed by atoms with E-state index in [9.17, 15) is 13.2 Å². The lowest BCUT2D eigenvalue weighted by molar-refractivity contribution is -0.143. The predicted molar refractivity (Wildman–Crippen MR) is 59.8 cm³/mol. The Morgan fingerprint density at radius 3 is 2.44 bits per heavy atom. The van der Waals surface area contributed by atoms with Crippen molar-refractivity contribution >= 4 is 17.6 Å². The van der Waals surface area contributed by atoms with E-state index in [0.717, 1.165) is 18.0 Å². The standard InChI is InChI=1S/C10H7F3N4S/c11-10(12,13)7-6(2-1-3-15-7)18-9-8(14)16-4-5-17-9/h1-5H,(H2,14,16). The Bertz CT molecular complexity index is 559. The van der Waals surface area contributed by atoms with Crippen molar-refractivity contribution in [1.29, 1.82) is 0 Å². The smallest absolute Gasteiger partial charge is 0.381 e. The number of hydrogen-bond donors (Lipinski definition) is 1. The lowest BCUT2D eigenvalue weighted by Gasteiger charge is -2.10. The molecule has 0 unspecified atom stereocenters. The first-order chi connectivity index (χ1) is 8.48. The van der Waals surface area contributed by atoms with Crippen molar-refractivity contribution in [3.63, 3.8) is 0 Å². The average molecular weight is 272 g/mol. The molecule has 0 aromatic carbocycles. The molecular formula is C10H7F3N4S. The van der Waals surface area contributed by atoms with Crippen LogP contribution in [0.5, 0.6) is 0 Å². The highest BCUT2D eigenvalue weighted by Crippen LogP contribution is 2.38. The van der Waals surface area contributed by atoms with Gasteiger partial charge in [0, 0.05) is 23.5 Å². The zero-order chi connectivity index (χ0) is 13.2. The van der Waals surface area contributed by atoms with Gasteiger partial charge in [0.25, 0.3) is 0 Å². The monoisotopic (exact) mass is 272 g/mol. The van der Waals surface area contributed by atoms with Gasteiger partial charge >= 0.3 is 6.18 Å². The second-order valence-corrected chi connectivity index (χ2v) is 4.23. The van der Waals surface area contributed by atoms with E-state index in [1.807, 2.05) is 0 Å². The number of rotatable bonds is 2. The van der Waals surface area contributed by atoms with Gasteiger partial charge in [0.05, 0.1) is 0 Å². The second kappa shape index (κ2) is 4.81. The maximum absolute atomic E-state index is 12.7. The van der Waals surface area contributed by atoms with E-state index < -0.39 is 11.9 Å². The Balaban J connectivity index is 2.39. The van der Waals surface area contributed by atoms with Gasteiger partial charge in [-0.1, -0.05) is 11.8 Å². The van der Waals surface area contributed by atoms with Crippen LogP contribution in [-0.4, -0.2) is 15.0 Å². The van der Waals surface area contributed by atoms with Crippen molar-refractivity contribution in [2.75, 3.05) is 5.73 Å². The first-order valence-electron chi connectivity index (χ1n) is 4.75. The Hall–Kier alpha value is -1.83. The maximum atomic E-state index is 12.7. The molecule has 94 valence electrons. The topological polar surface area (TPSA) is 64.7 Å². The summed E-state index contributed by atoms with van der Waals surface area (Å²) in [7, 11) is 0. The highest BCUT2D eigenvalue weighted by molar-refractivity contribution is 7.99. The van der Waals surface area contributed by atoms with Crippen molar-refractivity contribution in [1.82, 2.24) is 15.0 Å². The number of hydrogen-bond acceptors (Lipinski definition) is 5. The third-order valence-corrected chi connectivity index (χ3v) is 2.99. The fourth-order valence-corrected chi connectivity index (χ4v) is 2.10. The maximum Gasteiger partial charge on any atom is 0.434 e. The number of halogens is 3. The highest BCUT2D eigenvalue weighted by Gasteiger charge is 2.35. The van der Waals surface area contributed by atoms with E-state index in [2.05, 4.69) is 15.0 Å². The quantitative estimate of drug-likeness (QED) is 0.910. The Labute approximate surface area is 104 Å². The third kappa shape index (κ3) is 2.70. The summed E-state index contributed by atoms with van der Waals surface area (Å²) in [5.74, 6) is 0.0828. The molecule has 2 rings (SSSR count). The molecule has 0 spiro atoms. The van der Waals surface area contributed by atoms with Crippen molar-refractivity contribution in [3.05, 3.63) is 36.4 Å². The molecule has 2 heterocycles. The molecule has 0 fully saturated rings. The molecule has 2 N–H and O–H groups in total. The van der Waals surface area contributed by atoms with Gasteiger partial charge < -0.3 is 5.73 Å². The van der Waals surface area contributed by atoms with Crippen molar-refractivity contribution < 1.29 is 13.2 Å². The van der Waals surface area contributed by atoms with E-state index in [-0.39, 0.29) is 15.7 Å². The van der Waals surface area contributed by atoms with Gasteiger partial charge in [0.2, 0.25) is 0 Å². The number of nitrogen functional groups attached to an aromatic ring is 1. The molecule has 8 heteroatoms. The van der Waals surface area contributed by atoms with Gasteiger partial charge in [-0.3, -0.25) is 4.98 Å². The van der Waals surface area contributed by atoms with Crippen molar-refractivity contribution in [2.45, 2.75) is 16.1 Å². The fourth-order valence-electron chi connectivity index (χ4n) is 1.20. The SMILES string of the molecule is Nc1nccnc1Sc1cccnc1C(F)(F)F. The molecule has 0 amide bonds. The number of alkyl halides is 3. The van der Waals surface area contributed by atoms with Gasteiger partial charge in [-0.2, -0.15) is 13.2 Å². The minimum Gasteiger partial charge on any atom is -0.381 e. The zero-order valence-corrected chi connectivity index (χ0v) is 9.66. The molecule has 0 radical (unpaired) electrons. The summed E-state index contributed by atoms with van der Waals surface area (Å²) in [5, 5.41) is 0.219. The predicted octanol–water partition coefficient (Wildman–Crippen LogP) is 2.62. The average Bonchev–Trinajstić information content (AvgIpc) is 2.31. The van der Waals surface area contributed by atoms with Crippen LogP contribution in [0, 0.1) is 0 Å². The minimum absolute atomic E-state index is 0.0581. The molecule has 0 saturated heterocycles. The number of aromatic nitrogens is 3.